The third-order valence-electron chi connectivity index (χ3n) is 4.16. The lowest BCUT2D eigenvalue weighted by atomic mass is 9.82. The molecule has 2 amide bonds. The molecule has 1 aromatic heterocycles. The van der Waals surface area contributed by atoms with Crippen molar-refractivity contribution < 1.29 is 9.59 Å². The van der Waals surface area contributed by atoms with Gasteiger partial charge in [0.25, 0.3) is 5.91 Å². The zero-order valence-electron chi connectivity index (χ0n) is 14.4. The summed E-state index contributed by atoms with van der Waals surface area (Å²) in [5.74, 6) is -0.171. The number of allylic oxidation sites excluding steroid dienone is 3. The highest BCUT2D eigenvalue weighted by molar-refractivity contribution is 7.08. The number of rotatable bonds is 4. The average Bonchev–Trinajstić information content (AvgIpc) is 3.02. The number of fused-ring (bicyclic) bond motifs is 1. The molecule has 0 radical (unpaired) electrons. The van der Waals surface area contributed by atoms with Crippen LogP contribution in [0.1, 0.15) is 42.6 Å². The molecule has 25 heavy (non-hydrogen) atoms. The first-order valence-electron chi connectivity index (χ1n) is 8.36. The number of aryl methyl sites for hydroxylation is 1. The van der Waals surface area contributed by atoms with Crippen LogP contribution < -0.4 is 5.32 Å². The van der Waals surface area contributed by atoms with Gasteiger partial charge in [0.2, 0.25) is 5.91 Å². The number of carbonyl (C=O) groups is 2. The molecular weight excluding hydrogens is 336 g/mol. The maximum absolute atomic E-state index is 12.4. The Kier molecular flexibility index (Phi) is 5.03. The van der Waals surface area contributed by atoms with Crippen molar-refractivity contribution in [3.63, 3.8) is 0 Å². The molecule has 2 aliphatic rings. The predicted octanol–water partition coefficient (Wildman–Crippen LogP) is 2.85. The van der Waals surface area contributed by atoms with E-state index >= 15 is 0 Å². The van der Waals surface area contributed by atoms with Crippen molar-refractivity contribution in [2.24, 2.45) is 16.8 Å². The number of nitrogens with one attached hydrogen (secondary N) is 1. The molecule has 1 aliphatic heterocycles. The highest BCUT2D eigenvalue weighted by atomic mass is 32.1. The van der Waals surface area contributed by atoms with E-state index in [-0.39, 0.29) is 23.7 Å². The lowest BCUT2D eigenvalue weighted by Gasteiger charge is -2.29. The van der Waals surface area contributed by atoms with Crippen molar-refractivity contribution in [1.29, 1.82) is 0 Å². The molecule has 6 nitrogen and oxygen atoms in total. The van der Waals surface area contributed by atoms with Crippen molar-refractivity contribution in [1.82, 2.24) is 14.9 Å². The van der Waals surface area contributed by atoms with Gasteiger partial charge in [-0.3, -0.25) is 9.59 Å². The molecule has 0 saturated heterocycles. The van der Waals surface area contributed by atoms with Crippen LogP contribution in [0, 0.1) is 11.8 Å². The van der Waals surface area contributed by atoms with Gasteiger partial charge in [0.05, 0.1) is 11.4 Å². The smallest absolute Gasteiger partial charge is 0.291 e. The zero-order valence-corrected chi connectivity index (χ0v) is 15.3. The first-order chi connectivity index (χ1) is 12.0. The van der Waals surface area contributed by atoms with Crippen LogP contribution in [0.2, 0.25) is 0 Å². The maximum Gasteiger partial charge on any atom is 0.291 e. The molecule has 0 spiro atoms. The molecule has 130 valence electrons. The van der Waals surface area contributed by atoms with E-state index in [1.807, 2.05) is 19.1 Å². The third-order valence-corrected chi connectivity index (χ3v) is 4.91. The van der Waals surface area contributed by atoms with Crippen LogP contribution >= 0.6 is 11.5 Å². The quantitative estimate of drug-likeness (QED) is 0.899. The molecule has 0 saturated carbocycles. The molecule has 1 unspecified atom stereocenters. The SMILES string of the molecule is CCCc1nnsc1C(=O)N=C1C=CC2C(=C1)NC(=O)C=C2C(C)C. The summed E-state index contributed by atoms with van der Waals surface area (Å²) in [6.45, 7) is 6.16. The summed E-state index contributed by atoms with van der Waals surface area (Å²) >= 11 is 1.07. The van der Waals surface area contributed by atoms with Crippen molar-refractivity contribution in [3.8, 4) is 0 Å². The van der Waals surface area contributed by atoms with Crippen LogP contribution in [0.4, 0.5) is 0 Å². The Morgan fingerprint density at radius 2 is 2.20 bits per heavy atom. The maximum atomic E-state index is 12.4. The Balaban J connectivity index is 1.86. The van der Waals surface area contributed by atoms with Crippen LogP contribution in [0.15, 0.2) is 40.6 Å². The van der Waals surface area contributed by atoms with Gasteiger partial charge in [-0.1, -0.05) is 37.8 Å². The van der Waals surface area contributed by atoms with Crippen molar-refractivity contribution in [2.45, 2.75) is 33.6 Å². The summed E-state index contributed by atoms with van der Waals surface area (Å²) in [7, 11) is 0. The van der Waals surface area contributed by atoms with Crippen LogP contribution in [0.5, 0.6) is 0 Å². The average molecular weight is 356 g/mol. The van der Waals surface area contributed by atoms with Crippen LogP contribution in [-0.2, 0) is 11.2 Å². The largest absolute Gasteiger partial charge is 0.325 e. The van der Waals surface area contributed by atoms with Gasteiger partial charge in [0.15, 0.2) is 0 Å². The molecular formula is C18H20N4O2S. The van der Waals surface area contributed by atoms with Gasteiger partial charge in [0.1, 0.15) is 4.88 Å². The van der Waals surface area contributed by atoms with Crippen molar-refractivity contribution in [3.05, 3.63) is 46.1 Å². The molecule has 1 atom stereocenters. The molecule has 0 aromatic carbocycles. The van der Waals surface area contributed by atoms with Crippen LogP contribution in [0.3, 0.4) is 0 Å². The van der Waals surface area contributed by atoms with E-state index in [9.17, 15) is 9.59 Å². The van der Waals surface area contributed by atoms with Gasteiger partial charge in [-0.15, -0.1) is 5.10 Å². The summed E-state index contributed by atoms with van der Waals surface area (Å²) in [6, 6.07) is 0. The molecule has 1 N–H and O–H groups in total. The first-order valence-corrected chi connectivity index (χ1v) is 9.13. The summed E-state index contributed by atoms with van der Waals surface area (Å²) in [5.41, 5.74) is 3.05. The Morgan fingerprint density at radius 1 is 1.40 bits per heavy atom. The number of carbonyl (C=O) groups excluding carboxylic acids is 2. The number of aromatic nitrogens is 2. The second-order valence-electron chi connectivity index (χ2n) is 6.37. The van der Waals surface area contributed by atoms with Crippen molar-refractivity contribution in [2.75, 3.05) is 0 Å². The van der Waals surface area contributed by atoms with E-state index in [1.54, 1.807) is 12.2 Å². The lowest BCUT2D eigenvalue weighted by molar-refractivity contribution is -0.116. The minimum Gasteiger partial charge on any atom is -0.325 e. The predicted molar refractivity (Wildman–Crippen MR) is 97.4 cm³/mol. The van der Waals surface area contributed by atoms with Gasteiger partial charge in [-0.25, -0.2) is 4.99 Å². The normalized spacial score (nSPS) is 21.0. The highest BCUT2D eigenvalue weighted by Gasteiger charge is 2.28. The number of hydrogen-bond acceptors (Lipinski definition) is 5. The molecule has 7 heteroatoms. The van der Waals surface area contributed by atoms with Crippen LogP contribution in [0.25, 0.3) is 0 Å². The fraction of sp³-hybridized carbons (Fsp3) is 0.389. The topological polar surface area (TPSA) is 84.3 Å². The lowest BCUT2D eigenvalue weighted by Crippen LogP contribution is -2.34. The summed E-state index contributed by atoms with van der Waals surface area (Å²) < 4.78 is 3.86. The van der Waals surface area contributed by atoms with E-state index in [2.05, 4.69) is 33.7 Å². The van der Waals surface area contributed by atoms with E-state index in [0.717, 1.165) is 29.2 Å². The molecule has 0 bridgehead atoms. The Hall–Kier alpha value is -2.41. The van der Waals surface area contributed by atoms with Gasteiger partial charge in [-0.2, -0.15) is 0 Å². The molecule has 2 heterocycles. The van der Waals surface area contributed by atoms with Gasteiger partial charge < -0.3 is 5.32 Å². The first kappa shape index (κ1) is 17.4. The van der Waals surface area contributed by atoms with E-state index in [0.29, 0.717) is 22.7 Å². The highest BCUT2D eigenvalue weighted by Crippen LogP contribution is 2.31. The minimum atomic E-state index is -0.338. The second kappa shape index (κ2) is 7.23. The Labute approximate surface area is 150 Å². The Bertz CT molecular complexity index is 830. The summed E-state index contributed by atoms with van der Waals surface area (Å²) in [6.07, 6.45) is 8.83. The third kappa shape index (κ3) is 3.66. The molecule has 0 fully saturated rings. The molecule has 3 rings (SSSR count). The summed E-state index contributed by atoms with van der Waals surface area (Å²) in [5, 5.41) is 6.86. The number of aliphatic imine (C=N–C) groups is 1. The van der Waals surface area contributed by atoms with Crippen molar-refractivity contribution >= 4 is 29.1 Å². The number of amides is 2. The fourth-order valence-electron chi connectivity index (χ4n) is 2.95. The van der Waals surface area contributed by atoms with Crippen LogP contribution in [-0.4, -0.2) is 27.1 Å². The van der Waals surface area contributed by atoms with Gasteiger partial charge in [-0.05, 0) is 41.6 Å². The minimum absolute atomic E-state index is 0.0347. The second-order valence-corrected chi connectivity index (χ2v) is 7.12. The number of hydrogen-bond donors (Lipinski definition) is 1. The van der Waals surface area contributed by atoms with E-state index in [4.69, 9.17) is 0 Å². The standard InChI is InChI=1S/C18H20N4O2S/c1-4-5-14-17(25-22-21-14)18(24)19-11-6-7-12-13(10(2)3)9-16(23)20-15(12)8-11/h6-10,12H,4-5H2,1-3H3,(H,20,23). The van der Waals surface area contributed by atoms with E-state index < -0.39 is 0 Å². The van der Waals surface area contributed by atoms with Gasteiger partial charge in [0, 0.05) is 17.7 Å². The Morgan fingerprint density at radius 3 is 2.92 bits per heavy atom. The van der Waals surface area contributed by atoms with Gasteiger partial charge >= 0.3 is 0 Å². The molecule has 1 aliphatic carbocycles. The fourth-order valence-corrected chi connectivity index (χ4v) is 3.55. The molecule has 1 aromatic rings. The number of nitrogens with zero attached hydrogens (tertiary/aromatic N) is 3. The van der Waals surface area contributed by atoms with E-state index in [1.165, 1.54) is 0 Å². The summed E-state index contributed by atoms with van der Waals surface area (Å²) in [4.78, 5) is 29.0. The zero-order chi connectivity index (χ0) is 18.0. The monoisotopic (exact) mass is 356 g/mol.